The minimum Gasteiger partial charge on any atom is -0.381 e. The third-order valence-electron chi connectivity index (χ3n) is 4.24. The first kappa shape index (κ1) is 16.0. The van der Waals surface area contributed by atoms with Gasteiger partial charge >= 0.3 is 0 Å². The minimum atomic E-state index is 0.404. The largest absolute Gasteiger partial charge is 0.381 e. The zero-order valence-corrected chi connectivity index (χ0v) is 13.7. The Morgan fingerprint density at radius 1 is 1.24 bits per heavy atom. The van der Waals surface area contributed by atoms with E-state index in [9.17, 15) is 0 Å². The summed E-state index contributed by atoms with van der Waals surface area (Å²) in [5.74, 6) is 3.46. The lowest BCUT2D eigenvalue weighted by atomic mass is 9.93. The molecular weight excluding hydrogens is 264 g/mol. The molecule has 0 bridgehead atoms. The van der Waals surface area contributed by atoms with Gasteiger partial charge in [0.1, 0.15) is 17.5 Å². The van der Waals surface area contributed by atoms with Gasteiger partial charge in [-0.25, -0.2) is 9.97 Å². The van der Waals surface area contributed by atoms with E-state index in [1.807, 2.05) is 7.05 Å². The molecule has 1 atom stereocenters. The van der Waals surface area contributed by atoms with E-state index in [1.165, 1.54) is 0 Å². The van der Waals surface area contributed by atoms with Crippen LogP contribution in [0.4, 0.5) is 11.6 Å². The van der Waals surface area contributed by atoms with Gasteiger partial charge in [-0.15, -0.1) is 0 Å². The lowest BCUT2D eigenvalue weighted by Crippen LogP contribution is -2.31. The monoisotopic (exact) mass is 292 g/mol. The summed E-state index contributed by atoms with van der Waals surface area (Å²) < 4.78 is 5.45. The second-order valence-electron chi connectivity index (χ2n) is 5.84. The molecule has 2 N–H and O–H groups in total. The van der Waals surface area contributed by atoms with Gasteiger partial charge in [0.05, 0.1) is 0 Å². The van der Waals surface area contributed by atoms with Gasteiger partial charge in [-0.2, -0.15) is 0 Å². The maximum absolute atomic E-state index is 5.45. The fourth-order valence-corrected chi connectivity index (χ4v) is 2.83. The highest BCUT2D eigenvalue weighted by Gasteiger charge is 2.22. The first-order valence-electron chi connectivity index (χ1n) is 8.05. The molecule has 0 saturated carbocycles. The number of ether oxygens (including phenoxy) is 1. The van der Waals surface area contributed by atoms with E-state index in [4.69, 9.17) is 9.72 Å². The zero-order valence-electron chi connectivity index (χ0n) is 13.7. The summed E-state index contributed by atoms with van der Waals surface area (Å²) in [5.41, 5.74) is 1.09. The number of nitrogens with zero attached hydrogens (tertiary/aromatic N) is 2. The third-order valence-corrected chi connectivity index (χ3v) is 4.24. The van der Waals surface area contributed by atoms with Crippen molar-refractivity contribution in [3.63, 3.8) is 0 Å². The van der Waals surface area contributed by atoms with Crippen LogP contribution in [0.15, 0.2) is 0 Å². The van der Waals surface area contributed by atoms with Crippen molar-refractivity contribution in [2.45, 2.75) is 52.5 Å². The number of aryl methyl sites for hydroxylation is 1. The molecule has 2 heterocycles. The van der Waals surface area contributed by atoms with Crippen molar-refractivity contribution < 1.29 is 4.74 Å². The van der Waals surface area contributed by atoms with Gasteiger partial charge in [0.15, 0.2) is 0 Å². The molecule has 0 amide bonds. The van der Waals surface area contributed by atoms with Gasteiger partial charge in [0, 0.05) is 38.3 Å². The molecular formula is C16H28N4O. The molecule has 0 radical (unpaired) electrons. The van der Waals surface area contributed by atoms with E-state index in [-0.39, 0.29) is 0 Å². The molecule has 118 valence electrons. The molecule has 0 aliphatic carbocycles. The van der Waals surface area contributed by atoms with Crippen LogP contribution in [-0.4, -0.2) is 36.3 Å². The number of anilines is 2. The van der Waals surface area contributed by atoms with Gasteiger partial charge in [-0.3, -0.25) is 0 Å². The highest BCUT2D eigenvalue weighted by atomic mass is 16.5. The summed E-state index contributed by atoms with van der Waals surface area (Å²) in [6, 6.07) is 0.404. The molecule has 5 heteroatoms. The van der Waals surface area contributed by atoms with E-state index >= 15 is 0 Å². The maximum atomic E-state index is 5.45. The second-order valence-corrected chi connectivity index (χ2v) is 5.84. The molecule has 1 fully saturated rings. The molecule has 5 nitrogen and oxygen atoms in total. The Hall–Kier alpha value is -1.36. The van der Waals surface area contributed by atoms with Crippen LogP contribution in [0.25, 0.3) is 0 Å². The van der Waals surface area contributed by atoms with Crippen LogP contribution in [0, 0.1) is 12.8 Å². The molecule has 0 aromatic carbocycles. The number of hydrogen-bond donors (Lipinski definition) is 2. The highest BCUT2D eigenvalue weighted by Crippen LogP contribution is 2.25. The average molecular weight is 292 g/mol. The summed E-state index contributed by atoms with van der Waals surface area (Å²) in [6.07, 6.45) is 4.22. The Kier molecular flexibility index (Phi) is 5.79. The highest BCUT2D eigenvalue weighted by molar-refractivity contribution is 5.57. The zero-order chi connectivity index (χ0) is 15.2. The van der Waals surface area contributed by atoms with Crippen molar-refractivity contribution in [2.24, 2.45) is 5.92 Å². The standard InChI is InChI=1S/C16H28N4O/c1-5-6-14-19-15(17-4)11(2)16(20-14)18-12(3)13-7-9-21-10-8-13/h12-13H,5-10H2,1-4H3,(H2,17,18,19,20). The maximum Gasteiger partial charge on any atom is 0.134 e. The van der Waals surface area contributed by atoms with Gasteiger partial charge in [-0.1, -0.05) is 6.92 Å². The summed E-state index contributed by atoms with van der Waals surface area (Å²) in [6.45, 7) is 8.22. The Morgan fingerprint density at radius 2 is 1.90 bits per heavy atom. The molecule has 1 aromatic heterocycles. The molecule has 1 saturated heterocycles. The van der Waals surface area contributed by atoms with Crippen LogP contribution in [-0.2, 0) is 11.2 Å². The molecule has 2 rings (SSSR count). The van der Waals surface area contributed by atoms with Crippen LogP contribution in [0.3, 0.4) is 0 Å². The normalized spacial score (nSPS) is 17.5. The van der Waals surface area contributed by atoms with E-state index in [0.29, 0.717) is 12.0 Å². The first-order valence-corrected chi connectivity index (χ1v) is 8.05. The minimum absolute atomic E-state index is 0.404. The van der Waals surface area contributed by atoms with Gasteiger partial charge < -0.3 is 15.4 Å². The predicted octanol–water partition coefficient (Wildman–Crippen LogP) is 3.01. The second kappa shape index (κ2) is 7.59. The average Bonchev–Trinajstić information content (AvgIpc) is 2.51. The summed E-state index contributed by atoms with van der Waals surface area (Å²) in [7, 11) is 1.91. The Morgan fingerprint density at radius 3 is 2.52 bits per heavy atom. The van der Waals surface area contributed by atoms with Gasteiger partial charge in [-0.05, 0) is 39.0 Å². The molecule has 1 aromatic rings. The van der Waals surface area contributed by atoms with Crippen molar-refractivity contribution >= 4 is 11.6 Å². The van der Waals surface area contributed by atoms with Crippen molar-refractivity contribution in [2.75, 3.05) is 30.9 Å². The lowest BCUT2D eigenvalue weighted by Gasteiger charge is -2.29. The summed E-state index contributed by atoms with van der Waals surface area (Å²) in [5, 5.41) is 6.78. The van der Waals surface area contributed by atoms with Crippen molar-refractivity contribution in [3.8, 4) is 0 Å². The van der Waals surface area contributed by atoms with E-state index in [0.717, 1.165) is 61.9 Å². The van der Waals surface area contributed by atoms with Gasteiger partial charge in [0.2, 0.25) is 0 Å². The quantitative estimate of drug-likeness (QED) is 0.844. The number of hydrogen-bond acceptors (Lipinski definition) is 5. The fourth-order valence-electron chi connectivity index (χ4n) is 2.83. The van der Waals surface area contributed by atoms with Crippen molar-refractivity contribution in [1.82, 2.24) is 9.97 Å². The predicted molar refractivity (Wildman–Crippen MR) is 86.9 cm³/mol. The van der Waals surface area contributed by atoms with Crippen LogP contribution in [0.5, 0.6) is 0 Å². The molecule has 21 heavy (non-hydrogen) atoms. The van der Waals surface area contributed by atoms with Crippen LogP contribution in [0.2, 0.25) is 0 Å². The van der Waals surface area contributed by atoms with E-state index < -0.39 is 0 Å². The lowest BCUT2D eigenvalue weighted by molar-refractivity contribution is 0.0622. The molecule has 0 spiro atoms. The Bertz CT molecular complexity index is 458. The topological polar surface area (TPSA) is 59.1 Å². The first-order chi connectivity index (χ1) is 10.2. The SMILES string of the molecule is CCCc1nc(NC)c(C)c(NC(C)C2CCOCC2)n1. The van der Waals surface area contributed by atoms with Gasteiger partial charge in [0.25, 0.3) is 0 Å². The summed E-state index contributed by atoms with van der Waals surface area (Å²) >= 11 is 0. The smallest absolute Gasteiger partial charge is 0.134 e. The van der Waals surface area contributed by atoms with E-state index in [2.05, 4.69) is 36.4 Å². The fraction of sp³-hybridized carbons (Fsp3) is 0.750. The summed E-state index contributed by atoms with van der Waals surface area (Å²) in [4.78, 5) is 9.29. The number of rotatable bonds is 6. The number of aromatic nitrogens is 2. The number of nitrogens with one attached hydrogen (secondary N) is 2. The van der Waals surface area contributed by atoms with Crippen molar-refractivity contribution in [3.05, 3.63) is 11.4 Å². The molecule has 1 aliphatic heterocycles. The van der Waals surface area contributed by atoms with E-state index in [1.54, 1.807) is 0 Å². The Labute approximate surface area is 127 Å². The van der Waals surface area contributed by atoms with Crippen LogP contribution >= 0.6 is 0 Å². The Balaban J connectivity index is 2.15. The van der Waals surface area contributed by atoms with Crippen molar-refractivity contribution in [1.29, 1.82) is 0 Å². The molecule has 1 aliphatic rings. The van der Waals surface area contributed by atoms with Crippen LogP contribution in [0.1, 0.15) is 44.5 Å². The molecule has 1 unspecified atom stereocenters. The third kappa shape index (κ3) is 4.06. The van der Waals surface area contributed by atoms with Crippen LogP contribution < -0.4 is 10.6 Å².